The van der Waals surface area contributed by atoms with Gasteiger partial charge in [0.25, 0.3) is 0 Å². The van der Waals surface area contributed by atoms with Gasteiger partial charge in [-0.2, -0.15) is 0 Å². The van der Waals surface area contributed by atoms with Gasteiger partial charge in [-0.05, 0) is 30.3 Å². The van der Waals surface area contributed by atoms with Crippen LogP contribution in [0.4, 0.5) is 0 Å². The minimum atomic E-state index is -0.918. The lowest BCUT2D eigenvalue weighted by atomic mass is 10.2. The van der Waals surface area contributed by atoms with Crippen LogP contribution in [0.3, 0.4) is 0 Å². The molecule has 1 aromatic heterocycles. The third-order valence-electron chi connectivity index (χ3n) is 2.88. The van der Waals surface area contributed by atoms with Crippen molar-refractivity contribution >= 4 is 28.6 Å². The number of carbonyl (C=O) groups is 1. The lowest BCUT2D eigenvalue weighted by Gasteiger charge is -2.04. The second-order valence-electron chi connectivity index (χ2n) is 4.28. The average molecular weight is 281 g/mol. The maximum Gasteiger partial charge on any atom is 0.335 e. The summed E-state index contributed by atoms with van der Waals surface area (Å²) in [5, 5.41) is 10.9. The van der Waals surface area contributed by atoms with Crippen LogP contribution in [0.2, 0.25) is 0 Å². The summed E-state index contributed by atoms with van der Waals surface area (Å²) in [6.45, 7) is 0. The van der Waals surface area contributed by atoms with Crippen LogP contribution in [0.5, 0.6) is 0 Å². The van der Waals surface area contributed by atoms with Crippen molar-refractivity contribution in [2.24, 2.45) is 0 Å². The van der Waals surface area contributed by atoms with Crippen molar-refractivity contribution in [3.8, 4) is 0 Å². The molecule has 0 atom stereocenters. The molecular weight excluding hydrogens is 270 g/mol. The Morgan fingerprint density at radius 2 is 1.85 bits per heavy atom. The van der Waals surface area contributed by atoms with Crippen molar-refractivity contribution in [2.45, 2.75) is 9.92 Å². The first kappa shape index (κ1) is 12.7. The lowest BCUT2D eigenvalue weighted by molar-refractivity contribution is 0.0696. The van der Waals surface area contributed by atoms with Crippen LogP contribution in [-0.2, 0) is 0 Å². The maximum atomic E-state index is 11.0. The van der Waals surface area contributed by atoms with Gasteiger partial charge >= 0.3 is 5.97 Å². The molecule has 20 heavy (non-hydrogen) atoms. The molecule has 0 aliphatic rings. The number of para-hydroxylation sites is 1. The molecule has 0 unspecified atom stereocenters. The Balaban J connectivity index is 1.92. The predicted octanol–water partition coefficient (Wildman–Crippen LogP) is 4.08. The monoisotopic (exact) mass is 281 g/mol. The molecule has 1 N–H and O–H groups in total. The zero-order chi connectivity index (χ0) is 13.9. The average Bonchev–Trinajstić information content (AvgIpc) is 2.47. The van der Waals surface area contributed by atoms with E-state index >= 15 is 0 Å². The van der Waals surface area contributed by atoms with Crippen LogP contribution >= 0.6 is 11.8 Å². The number of fused-ring (bicyclic) bond motifs is 1. The molecule has 0 saturated carbocycles. The minimum absolute atomic E-state index is 0.288. The Morgan fingerprint density at radius 3 is 2.70 bits per heavy atom. The molecule has 0 bridgehead atoms. The highest BCUT2D eigenvalue weighted by atomic mass is 32.2. The minimum Gasteiger partial charge on any atom is -0.478 e. The number of carboxylic acids is 1. The maximum absolute atomic E-state index is 11.0. The van der Waals surface area contributed by atoms with Gasteiger partial charge in [-0.1, -0.05) is 42.1 Å². The highest BCUT2D eigenvalue weighted by molar-refractivity contribution is 7.99. The fourth-order valence-electron chi connectivity index (χ4n) is 1.92. The molecule has 0 saturated heterocycles. The van der Waals surface area contributed by atoms with Gasteiger partial charge in [0.15, 0.2) is 0 Å². The van der Waals surface area contributed by atoms with Crippen LogP contribution in [0.15, 0.2) is 70.6 Å². The topological polar surface area (TPSA) is 50.2 Å². The standard InChI is InChI=1S/C16H11NO2S/c18-16(19)12-5-3-6-13(10-12)20-15-9-8-11-4-1-2-7-14(11)17-15/h1-10H,(H,18,19). The van der Waals surface area contributed by atoms with Crippen molar-refractivity contribution in [2.75, 3.05) is 0 Å². The molecule has 0 spiro atoms. The Kier molecular flexibility index (Phi) is 3.39. The number of aromatic nitrogens is 1. The number of carboxylic acid groups (broad SMARTS) is 1. The molecule has 0 amide bonds. The molecule has 0 aliphatic carbocycles. The number of rotatable bonds is 3. The van der Waals surface area contributed by atoms with Crippen LogP contribution < -0.4 is 0 Å². The van der Waals surface area contributed by atoms with Crippen LogP contribution in [0, 0.1) is 0 Å². The highest BCUT2D eigenvalue weighted by Crippen LogP contribution is 2.28. The van der Waals surface area contributed by atoms with Crippen LogP contribution in [-0.4, -0.2) is 16.1 Å². The van der Waals surface area contributed by atoms with E-state index in [2.05, 4.69) is 4.98 Å². The summed E-state index contributed by atoms with van der Waals surface area (Å²) >= 11 is 1.46. The van der Waals surface area contributed by atoms with Gasteiger partial charge in [0.2, 0.25) is 0 Å². The zero-order valence-corrected chi connectivity index (χ0v) is 11.3. The Hall–Kier alpha value is -2.33. The van der Waals surface area contributed by atoms with E-state index < -0.39 is 5.97 Å². The number of hydrogen-bond acceptors (Lipinski definition) is 3. The number of pyridine rings is 1. The summed E-state index contributed by atoms with van der Waals surface area (Å²) in [6.07, 6.45) is 0. The number of aromatic carboxylic acids is 1. The summed E-state index contributed by atoms with van der Waals surface area (Å²) in [5.74, 6) is -0.918. The predicted molar refractivity (Wildman–Crippen MR) is 79.3 cm³/mol. The molecule has 1 heterocycles. The second kappa shape index (κ2) is 5.35. The molecule has 98 valence electrons. The smallest absolute Gasteiger partial charge is 0.335 e. The van der Waals surface area contributed by atoms with E-state index in [0.717, 1.165) is 20.8 Å². The third-order valence-corrected chi connectivity index (χ3v) is 3.80. The van der Waals surface area contributed by atoms with E-state index in [9.17, 15) is 4.79 Å². The fourth-order valence-corrected chi connectivity index (χ4v) is 2.77. The van der Waals surface area contributed by atoms with E-state index in [-0.39, 0.29) is 5.56 Å². The summed E-state index contributed by atoms with van der Waals surface area (Å²) in [5.41, 5.74) is 1.22. The molecular formula is C16H11NO2S. The summed E-state index contributed by atoms with van der Waals surface area (Å²) in [4.78, 5) is 16.4. The van der Waals surface area contributed by atoms with E-state index in [1.807, 2.05) is 42.5 Å². The Bertz CT molecular complexity index is 786. The fraction of sp³-hybridized carbons (Fsp3) is 0. The normalized spacial score (nSPS) is 10.6. The first-order valence-electron chi connectivity index (χ1n) is 6.09. The van der Waals surface area contributed by atoms with Gasteiger partial charge in [0.05, 0.1) is 11.1 Å². The molecule has 0 fully saturated rings. The van der Waals surface area contributed by atoms with Crippen molar-refractivity contribution in [1.29, 1.82) is 0 Å². The molecule has 0 radical (unpaired) electrons. The number of hydrogen-bond donors (Lipinski definition) is 1. The van der Waals surface area contributed by atoms with E-state index in [0.29, 0.717) is 0 Å². The second-order valence-corrected chi connectivity index (χ2v) is 5.37. The number of nitrogens with zero attached hydrogens (tertiary/aromatic N) is 1. The summed E-state index contributed by atoms with van der Waals surface area (Å²) < 4.78 is 0. The quantitative estimate of drug-likeness (QED) is 0.785. The molecule has 3 nitrogen and oxygen atoms in total. The molecule has 4 heteroatoms. The third kappa shape index (κ3) is 2.65. The van der Waals surface area contributed by atoms with Crippen molar-refractivity contribution in [1.82, 2.24) is 4.98 Å². The van der Waals surface area contributed by atoms with Gasteiger partial charge in [-0.25, -0.2) is 9.78 Å². The molecule has 3 rings (SSSR count). The first-order chi connectivity index (χ1) is 9.72. The van der Waals surface area contributed by atoms with E-state index in [1.165, 1.54) is 11.8 Å². The van der Waals surface area contributed by atoms with Gasteiger partial charge in [0.1, 0.15) is 5.03 Å². The molecule has 2 aromatic carbocycles. The highest BCUT2D eigenvalue weighted by Gasteiger charge is 2.05. The van der Waals surface area contributed by atoms with Gasteiger partial charge < -0.3 is 5.11 Å². The van der Waals surface area contributed by atoms with Crippen molar-refractivity contribution in [3.05, 3.63) is 66.2 Å². The SMILES string of the molecule is O=C(O)c1cccc(Sc2ccc3ccccc3n2)c1. The molecule has 3 aromatic rings. The largest absolute Gasteiger partial charge is 0.478 e. The van der Waals surface area contributed by atoms with Gasteiger partial charge in [-0.3, -0.25) is 0 Å². The summed E-state index contributed by atoms with van der Waals surface area (Å²) in [7, 11) is 0. The Morgan fingerprint density at radius 1 is 1.00 bits per heavy atom. The summed E-state index contributed by atoms with van der Waals surface area (Å²) in [6, 6.07) is 18.7. The van der Waals surface area contributed by atoms with Crippen molar-refractivity contribution < 1.29 is 9.90 Å². The molecule has 0 aliphatic heterocycles. The van der Waals surface area contributed by atoms with Crippen LogP contribution in [0.25, 0.3) is 10.9 Å². The van der Waals surface area contributed by atoms with E-state index in [4.69, 9.17) is 5.11 Å². The van der Waals surface area contributed by atoms with Crippen LogP contribution in [0.1, 0.15) is 10.4 Å². The van der Waals surface area contributed by atoms with E-state index in [1.54, 1.807) is 18.2 Å². The van der Waals surface area contributed by atoms with Gasteiger partial charge in [0, 0.05) is 10.3 Å². The number of benzene rings is 2. The van der Waals surface area contributed by atoms with Gasteiger partial charge in [-0.15, -0.1) is 0 Å². The zero-order valence-electron chi connectivity index (χ0n) is 10.5. The Labute approximate surface area is 120 Å². The first-order valence-corrected chi connectivity index (χ1v) is 6.91. The van der Waals surface area contributed by atoms with Crippen molar-refractivity contribution in [3.63, 3.8) is 0 Å². The lowest BCUT2D eigenvalue weighted by Crippen LogP contribution is -1.95.